The minimum atomic E-state index is 0.144. The van der Waals surface area contributed by atoms with E-state index in [0.29, 0.717) is 18.5 Å². The van der Waals surface area contributed by atoms with Crippen LogP contribution in [0.25, 0.3) is 0 Å². The summed E-state index contributed by atoms with van der Waals surface area (Å²) in [6.07, 6.45) is 4.40. The summed E-state index contributed by atoms with van der Waals surface area (Å²) in [6.45, 7) is 2.58. The molecule has 1 amide bonds. The van der Waals surface area contributed by atoms with E-state index in [4.69, 9.17) is 9.47 Å². The molecule has 2 aromatic rings. The molecule has 1 saturated carbocycles. The molecule has 1 heterocycles. The van der Waals surface area contributed by atoms with Gasteiger partial charge in [0.05, 0.1) is 0 Å². The van der Waals surface area contributed by atoms with E-state index in [-0.39, 0.29) is 12.7 Å². The molecule has 1 aliphatic carbocycles. The maximum atomic E-state index is 12.3. The van der Waals surface area contributed by atoms with E-state index in [2.05, 4.69) is 30.3 Å². The summed E-state index contributed by atoms with van der Waals surface area (Å²) in [4.78, 5) is 14.3. The maximum absolute atomic E-state index is 12.3. The van der Waals surface area contributed by atoms with E-state index in [1.807, 2.05) is 23.1 Å². The fourth-order valence-corrected chi connectivity index (χ4v) is 4.18. The van der Waals surface area contributed by atoms with Crippen molar-refractivity contribution in [3.63, 3.8) is 0 Å². The van der Waals surface area contributed by atoms with Crippen molar-refractivity contribution in [3.8, 4) is 11.5 Å². The van der Waals surface area contributed by atoms with Crippen molar-refractivity contribution in [3.05, 3.63) is 59.7 Å². The highest BCUT2D eigenvalue weighted by atomic mass is 16.7. The Balaban J connectivity index is 1.42. The molecular formula is C22H25NO3. The first-order valence-corrected chi connectivity index (χ1v) is 9.41. The minimum Gasteiger partial charge on any atom is -0.454 e. The molecule has 2 aliphatic rings. The van der Waals surface area contributed by atoms with Crippen molar-refractivity contribution >= 4 is 5.91 Å². The molecule has 4 nitrogen and oxygen atoms in total. The molecule has 4 heteroatoms. The average molecular weight is 351 g/mol. The van der Waals surface area contributed by atoms with Crippen molar-refractivity contribution in [2.45, 2.75) is 51.1 Å². The molecule has 26 heavy (non-hydrogen) atoms. The standard InChI is InChI=1S/C22H25NO3/c1-16(24)23(14-17-7-12-21-22(13-17)26-15-25-21)20-10-8-19(9-11-20)18-5-3-2-4-6-18/h2-7,12-13,19-20H,8-11,14-15H2,1H3. The Labute approximate surface area is 154 Å². The van der Waals surface area contributed by atoms with Crippen LogP contribution in [0.4, 0.5) is 0 Å². The summed E-state index contributed by atoms with van der Waals surface area (Å²) < 4.78 is 10.8. The first-order valence-electron chi connectivity index (χ1n) is 9.41. The third-order valence-electron chi connectivity index (χ3n) is 5.60. The number of carbonyl (C=O) groups is 1. The molecule has 0 atom stereocenters. The number of carbonyl (C=O) groups excluding carboxylic acids is 1. The van der Waals surface area contributed by atoms with Gasteiger partial charge in [-0.2, -0.15) is 0 Å². The topological polar surface area (TPSA) is 38.8 Å². The second kappa shape index (κ2) is 7.40. The predicted octanol–water partition coefficient (Wildman–Crippen LogP) is 4.49. The van der Waals surface area contributed by atoms with Crippen molar-refractivity contribution in [2.24, 2.45) is 0 Å². The number of hydrogen-bond donors (Lipinski definition) is 0. The lowest BCUT2D eigenvalue weighted by atomic mass is 9.81. The SMILES string of the molecule is CC(=O)N(Cc1ccc2c(c1)OCO2)C1CCC(c2ccccc2)CC1. The molecule has 0 saturated heterocycles. The highest BCUT2D eigenvalue weighted by Gasteiger charge is 2.28. The molecule has 0 spiro atoms. The zero-order valence-electron chi connectivity index (χ0n) is 15.2. The number of amides is 1. The normalized spacial score (nSPS) is 21.4. The number of benzene rings is 2. The molecule has 0 radical (unpaired) electrons. The molecule has 0 aromatic heterocycles. The van der Waals surface area contributed by atoms with Crippen LogP contribution < -0.4 is 9.47 Å². The second-order valence-electron chi connectivity index (χ2n) is 7.25. The molecule has 136 valence electrons. The fourth-order valence-electron chi connectivity index (χ4n) is 4.18. The van der Waals surface area contributed by atoms with Crippen molar-refractivity contribution in [2.75, 3.05) is 6.79 Å². The van der Waals surface area contributed by atoms with E-state index in [0.717, 1.165) is 42.7 Å². The number of ether oxygens (including phenoxy) is 2. The monoisotopic (exact) mass is 351 g/mol. The van der Waals surface area contributed by atoms with Crippen LogP contribution in [-0.4, -0.2) is 23.6 Å². The quantitative estimate of drug-likeness (QED) is 0.815. The van der Waals surface area contributed by atoms with Crippen LogP contribution in [-0.2, 0) is 11.3 Å². The van der Waals surface area contributed by atoms with E-state index >= 15 is 0 Å². The summed E-state index contributed by atoms with van der Waals surface area (Å²) in [7, 11) is 0. The van der Waals surface area contributed by atoms with Gasteiger partial charge in [0.1, 0.15) is 0 Å². The van der Waals surface area contributed by atoms with Crippen LogP contribution in [0.15, 0.2) is 48.5 Å². The molecule has 0 bridgehead atoms. The van der Waals surface area contributed by atoms with Crippen LogP contribution >= 0.6 is 0 Å². The Morgan fingerprint density at radius 3 is 2.46 bits per heavy atom. The third-order valence-corrected chi connectivity index (χ3v) is 5.60. The van der Waals surface area contributed by atoms with Gasteiger partial charge in [0.15, 0.2) is 11.5 Å². The van der Waals surface area contributed by atoms with Gasteiger partial charge in [-0.25, -0.2) is 0 Å². The molecule has 4 rings (SSSR count). The highest BCUT2D eigenvalue weighted by molar-refractivity contribution is 5.73. The first-order chi connectivity index (χ1) is 12.7. The van der Waals surface area contributed by atoms with Crippen molar-refractivity contribution in [1.29, 1.82) is 0 Å². The lowest BCUT2D eigenvalue weighted by Crippen LogP contribution is -2.40. The van der Waals surface area contributed by atoms with Gasteiger partial charge in [-0.05, 0) is 54.9 Å². The Morgan fingerprint density at radius 1 is 1.00 bits per heavy atom. The van der Waals surface area contributed by atoms with Crippen LogP contribution in [0.2, 0.25) is 0 Å². The second-order valence-corrected chi connectivity index (χ2v) is 7.25. The lowest BCUT2D eigenvalue weighted by molar-refractivity contribution is -0.132. The van der Waals surface area contributed by atoms with Crippen LogP contribution in [0.5, 0.6) is 11.5 Å². The minimum absolute atomic E-state index is 0.144. The summed E-state index contributed by atoms with van der Waals surface area (Å²) in [6, 6.07) is 17.0. The van der Waals surface area contributed by atoms with Gasteiger partial charge >= 0.3 is 0 Å². The maximum Gasteiger partial charge on any atom is 0.231 e. The Morgan fingerprint density at radius 2 is 1.73 bits per heavy atom. The van der Waals surface area contributed by atoms with E-state index in [1.165, 1.54) is 5.56 Å². The van der Waals surface area contributed by atoms with Crippen LogP contribution in [0.3, 0.4) is 0 Å². The molecule has 2 aromatic carbocycles. The van der Waals surface area contributed by atoms with Gasteiger partial charge in [0.25, 0.3) is 0 Å². The van der Waals surface area contributed by atoms with Gasteiger partial charge in [-0.15, -0.1) is 0 Å². The van der Waals surface area contributed by atoms with Gasteiger partial charge in [-0.1, -0.05) is 36.4 Å². The largest absolute Gasteiger partial charge is 0.454 e. The first kappa shape index (κ1) is 17.0. The summed E-state index contributed by atoms with van der Waals surface area (Å²) in [5, 5.41) is 0. The van der Waals surface area contributed by atoms with Gasteiger partial charge in [-0.3, -0.25) is 4.79 Å². The van der Waals surface area contributed by atoms with Gasteiger partial charge in [0.2, 0.25) is 12.7 Å². The van der Waals surface area contributed by atoms with Gasteiger partial charge < -0.3 is 14.4 Å². The van der Waals surface area contributed by atoms with Gasteiger partial charge in [0, 0.05) is 19.5 Å². The van der Waals surface area contributed by atoms with E-state index < -0.39 is 0 Å². The molecule has 0 unspecified atom stereocenters. The summed E-state index contributed by atoms with van der Waals surface area (Å²) in [5.74, 6) is 2.32. The Hall–Kier alpha value is -2.49. The Bertz CT molecular complexity index is 766. The smallest absolute Gasteiger partial charge is 0.231 e. The lowest BCUT2D eigenvalue weighted by Gasteiger charge is -2.36. The third kappa shape index (κ3) is 3.55. The molecule has 1 fully saturated rings. The highest BCUT2D eigenvalue weighted by Crippen LogP contribution is 2.36. The number of fused-ring (bicyclic) bond motifs is 1. The zero-order valence-corrected chi connectivity index (χ0v) is 15.2. The van der Waals surface area contributed by atoms with Crippen LogP contribution in [0.1, 0.15) is 49.7 Å². The van der Waals surface area contributed by atoms with Crippen LogP contribution in [0, 0.1) is 0 Å². The number of rotatable bonds is 4. The van der Waals surface area contributed by atoms with Crippen molar-refractivity contribution in [1.82, 2.24) is 4.90 Å². The summed E-state index contributed by atoms with van der Waals surface area (Å²) in [5.41, 5.74) is 2.52. The number of hydrogen-bond acceptors (Lipinski definition) is 3. The Kier molecular flexibility index (Phi) is 4.83. The van der Waals surface area contributed by atoms with E-state index in [9.17, 15) is 4.79 Å². The van der Waals surface area contributed by atoms with Crippen molar-refractivity contribution < 1.29 is 14.3 Å². The number of nitrogens with zero attached hydrogens (tertiary/aromatic N) is 1. The predicted molar refractivity (Wildman–Crippen MR) is 100 cm³/mol. The zero-order chi connectivity index (χ0) is 17.9. The molecule has 0 N–H and O–H groups in total. The molecular weight excluding hydrogens is 326 g/mol. The average Bonchev–Trinajstić information content (AvgIpc) is 3.14. The summed E-state index contributed by atoms with van der Waals surface area (Å²) >= 11 is 0. The fraction of sp³-hybridized carbons (Fsp3) is 0.409. The van der Waals surface area contributed by atoms with E-state index in [1.54, 1.807) is 6.92 Å². The molecule has 1 aliphatic heterocycles.